The molecule has 0 aliphatic carbocycles. The third-order valence-corrected chi connectivity index (χ3v) is 4.91. The summed E-state index contributed by atoms with van der Waals surface area (Å²) in [6.45, 7) is 6.47. The van der Waals surface area contributed by atoms with Gasteiger partial charge in [0.1, 0.15) is 11.6 Å². The summed E-state index contributed by atoms with van der Waals surface area (Å²) in [7, 11) is 1.59. The number of carbonyl (C=O) groups excluding carboxylic acids is 2. The molecule has 1 atom stereocenters. The first-order valence-corrected chi connectivity index (χ1v) is 10.4. The standard InChI is InChI=1S/C23H29N3O5/c1-16(2)31-22(27)14-20(17-4-7-19(29-3)8-5-17)25-23(28)18-6-9-21(24-15-18)26-10-12-30-13-11-26/h4-9,15-16,20H,10-14H2,1-3H3,(H,25,28)/t20-/m0/s1. The summed E-state index contributed by atoms with van der Waals surface area (Å²) in [5.74, 6) is 0.824. The van der Waals surface area contributed by atoms with Gasteiger partial charge in [0.25, 0.3) is 5.91 Å². The second-order valence-corrected chi connectivity index (χ2v) is 7.55. The molecule has 0 unspecified atom stereocenters. The molecular formula is C23H29N3O5. The zero-order valence-corrected chi connectivity index (χ0v) is 18.2. The number of benzene rings is 1. The molecule has 0 bridgehead atoms. The third kappa shape index (κ3) is 6.42. The minimum absolute atomic E-state index is 0.0234. The van der Waals surface area contributed by atoms with E-state index < -0.39 is 6.04 Å². The van der Waals surface area contributed by atoms with Crippen LogP contribution in [-0.4, -0.2) is 56.4 Å². The van der Waals surface area contributed by atoms with Crippen molar-refractivity contribution < 1.29 is 23.8 Å². The lowest BCUT2D eigenvalue weighted by molar-refractivity contribution is -0.147. The molecule has 1 aliphatic heterocycles. The predicted molar refractivity (Wildman–Crippen MR) is 116 cm³/mol. The van der Waals surface area contributed by atoms with Gasteiger partial charge >= 0.3 is 5.97 Å². The Morgan fingerprint density at radius 1 is 1.13 bits per heavy atom. The molecule has 8 nitrogen and oxygen atoms in total. The molecule has 1 aliphatic rings. The van der Waals surface area contributed by atoms with Gasteiger partial charge in [-0.25, -0.2) is 4.98 Å². The van der Waals surface area contributed by atoms with Crippen LogP contribution in [-0.2, 0) is 14.3 Å². The van der Waals surface area contributed by atoms with Crippen LogP contribution in [0.25, 0.3) is 0 Å². The Labute approximate surface area is 182 Å². The summed E-state index contributed by atoms with van der Waals surface area (Å²) in [5, 5.41) is 2.94. The maximum atomic E-state index is 12.9. The Balaban J connectivity index is 1.72. The van der Waals surface area contributed by atoms with Gasteiger partial charge in [-0.2, -0.15) is 0 Å². The van der Waals surface area contributed by atoms with Crippen LogP contribution in [0.3, 0.4) is 0 Å². The van der Waals surface area contributed by atoms with Crippen molar-refractivity contribution in [2.45, 2.75) is 32.4 Å². The Kier molecular flexibility index (Phi) is 7.83. The quantitative estimate of drug-likeness (QED) is 0.648. The van der Waals surface area contributed by atoms with Crippen molar-refractivity contribution >= 4 is 17.7 Å². The van der Waals surface area contributed by atoms with Crippen LogP contribution in [0.15, 0.2) is 42.6 Å². The minimum Gasteiger partial charge on any atom is -0.497 e. The molecule has 2 aromatic rings. The Morgan fingerprint density at radius 2 is 1.84 bits per heavy atom. The summed E-state index contributed by atoms with van der Waals surface area (Å²) in [6.07, 6.45) is 1.35. The molecule has 0 spiro atoms. The van der Waals surface area contributed by atoms with Crippen LogP contribution in [0.1, 0.15) is 42.2 Å². The van der Waals surface area contributed by atoms with E-state index in [9.17, 15) is 9.59 Å². The van der Waals surface area contributed by atoms with E-state index in [1.54, 1.807) is 45.4 Å². The van der Waals surface area contributed by atoms with Gasteiger partial charge in [0.2, 0.25) is 0 Å². The van der Waals surface area contributed by atoms with Crippen LogP contribution >= 0.6 is 0 Å². The number of carbonyl (C=O) groups is 2. The first-order valence-electron chi connectivity index (χ1n) is 10.4. The minimum atomic E-state index is -0.538. The largest absolute Gasteiger partial charge is 0.497 e. The average Bonchev–Trinajstić information content (AvgIpc) is 2.79. The molecule has 1 fully saturated rings. The second kappa shape index (κ2) is 10.8. The normalized spacial score (nSPS) is 14.8. The molecule has 0 radical (unpaired) electrons. The lowest BCUT2D eigenvalue weighted by Crippen LogP contribution is -2.36. The van der Waals surface area contributed by atoms with Gasteiger partial charge in [0.15, 0.2) is 0 Å². The van der Waals surface area contributed by atoms with Gasteiger partial charge in [-0.3, -0.25) is 9.59 Å². The third-order valence-electron chi connectivity index (χ3n) is 4.91. The average molecular weight is 428 g/mol. The summed E-state index contributed by atoms with van der Waals surface area (Å²) in [4.78, 5) is 31.7. The fourth-order valence-corrected chi connectivity index (χ4v) is 3.31. The van der Waals surface area contributed by atoms with Crippen molar-refractivity contribution in [2.24, 2.45) is 0 Å². The fourth-order valence-electron chi connectivity index (χ4n) is 3.31. The van der Waals surface area contributed by atoms with E-state index in [2.05, 4.69) is 15.2 Å². The molecule has 31 heavy (non-hydrogen) atoms. The van der Waals surface area contributed by atoms with Gasteiger partial charge in [-0.1, -0.05) is 12.1 Å². The van der Waals surface area contributed by atoms with E-state index >= 15 is 0 Å². The number of rotatable bonds is 8. The predicted octanol–water partition coefficient (Wildman–Crippen LogP) is 2.74. The maximum Gasteiger partial charge on any atom is 0.308 e. The summed E-state index contributed by atoms with van der Waals surface area (Å²) < 4.78 is 15.8. The lowest BCUT2D eigenvalue weighted by atomic mass is 10.0. The topological polar surface area (TPSA) is 90.0 Å². The summed E-state index contributed by atoms with van der Waals surface area (Å²) in [6, 6.07) is 10.3. The smallest absolute Gasteiger partial charge is 0.308 e. The first kappa shape index (κ1) is 22.6. The zero-order chi connectivity index (χ0) is 22.2. The SMILES string of the molecule is COc1ccc([C@H](CC(=O)OC(C)C)NC(=O)c2ccc(N3CCOCC3)nc2)cc1. The molecule has 1 aromatic carbocycles. The van der Waals surface area contributed by atoms with E-state index in [0.29, 0.717) is 24.5 Å². The molecule has 2 heterocycles. The van der Waals surface area contributed by atoms with E-state index in [1.165, 1.54) is 0 Å². The Hall–Kier alpha value is -3.13. The van der Waals surface area contributed by atoms with Crippen molar-refractivity contribution in [1.29, 1.82) is 0 Å². The van der Waals surface area contributed by atoms with E-state index in [1.807, 2.05) is 18.2 Å². The molecule has 1 aromatic heterocycles. The molecule has 1 saturated heterocycles. The number of esters is 1. The van der Waals surface area contributed by atoms with Crippen molar-refractivity contribution in [3.8, 4) is 5.75 Å². The van der Waals surface area contributed by atoms with Crippen LogP contribution in [0.2, 0.25) is 0 Å². The van der Waals surface area contributed by atoms with Gasteiger partial charge in [-0.15, -0.1) is 0 Å². The summed E-state index contributed by atoms with van der Waals surface area (Å²) >= 11 is 0. The van der Waals surface area contributed by atoms with Crippen molar-refractivity contribution in [3.05, 3.63) is 53.7 Å². The number of ether oxygens (including phenoxy) is 3. The summed E-state index contributed by atoms with van der Waals surface area (Å²) in [5.41, 5.74) is 1.21. The highest BCUT2D eigenvalue weighted by molar-refractivity contribution is 5.94. The highest BCUT2D eigenvalue weighted by Crippen LogP contribution is 2.22. The number of methoxy groups -OCH3 is 1. The van der Waals surface area contributed by atoms with Crippen molar-refractivity contribution in [2.75, 3.05) is 38.3 Å². The molecular weight excluding hydrogens is 398 g/mol. The van der Waals surface area contributed by atoms with Gasteiger partial charge in [-0.05, 0) is 43.7 Å². The number of amides is 1. The Bertz CT molecular complexity index is 862. The van der Waals surface area contributed by atoms with Crippen LogP contribution < -0.4 is 15.0 Å². The number of pyridine rings is 1. The number of aromatic nitrogens is 1. The monoisotopic (exact) mass is 427 g/mol. The highest BCUT2D eigenvalue weighted by Gasteiger charge is 2.21. The number of morpholine rings is 1. The van der Waals surface area contributed by atoms with E-state index in [0.717, 1.165) is 24.5 Å². The molecule has 8 heteroatoms. The zero-order valence-electron chi connectivity index (χ0n) is 18.2. The van der Waals surface area contributed by atoms with Crippen LogP contribution in [0.4, 0.5) is 5.82 Å². The molecule has 3 rings (SSSR count). The molecule has 1 N–H and O–H groups in total. The number of nitrogens with one attached hydrogen (secondary N) is 1. The van der Waals surface area contributed by atoms with Crippen LogP contribution in [0.5, 0.6) is 5.75 Å². The van der Waals surface area contributed by atoms with Crippen LogP contribution in [0, 0.1) is 0 Å². The highest BCUT2D eigenvalue weighted by atomic mass is 16.5. The maximum absolute atomic E-state index is 12.9. The second-order valence-electron chi connectivity index (χ2n) is 7.55. The van der Waals surface area contributed by atoms with Gasteiger partial charge < -0.3 is 24.4 Å². The van der Waals surface area contributed by atoms with Gasteiger partial charge in [0, 0.05) is 19.3 Å². The number of hydrogen-bond acceptors (Lipinski definition) is 7. The number of anilines is 1. The van der Waals surface area contributed by atoms with Crippen molar-refractivity contribution in [1.82, 2.24) is 10.3 Å². The number of nitrogens with zero attached hydrogens (tertiary/aromatic N) is 2. The van der Waals surface area contributed by atoms with E-state index in [-0.39, 0.29) is 24.4 Å². The first-order chi connectivity index (χ1) is 15.0. The molecule has 0 saturated carbocycles. The lowest BCUT2D eigenvalue weighted by Gasteiger charge is -2.27. The Morgan fingerprint density at radius 3 is 2.42 bits per heavy atom. The molecule has 1 amide bonds. The van der Waals surface area contributed by atoms with Crippen molar-refractivity contribution in [3.63, 3.8) is 0 Å². The van der Waals surface area contributed by atoms with Gasteiger partial charge in [0.05, 0.1) is 44.5 Å². The fraction of sp³-hybridized carbons (Fsp3) is 0.435. The number of hydrogen-bond donors (Lipinski definition) is 1. The molecule has 166 valence electrons. The van der Waals surface area contributed by atoms with E-state index in [4.69, 9.17) is 14.2 Å².